The van der Waals surface area contributed by atoms with Crippen molar-refractivity contribution in [2.75, 3.05) is 6.54 Å². The zero-order valence-electron chi connectivity index (χ0n) is 18.8. The van der Waals surface area contributed by atoms with Crippen molar-refractivity contribution in [2.24, 2.45) is 5.92 Å². The highest BCUT2D eigenvalue weighted by Crippen LogP contribution is 2.13. The summed E-state index contributed by atoms with van der Waals surface area (Å²) in [6, 6.07) is 8.50. The fourth-order valence-electron chi connectivity index (χ4n) is 2.49. The number of rotatable bonds is 9. The van der Waals surface area contributed by atoms with Gasteiger partial charge in [-0.1, -0.05) is 26.0 Å². The van der Waals surface area contributed by atoms with Crippen LogP contribution in [-0.2, 0) is 26.0 Å². The monoisotopic (exact) mass is 477 g/mol. The van der Waals surface area contributed by atoms with Crippen molar-refractivity contribution in [2.45, 2.75) is 45.1 Å². The van der Waals surface area contributed by atoms with Gasteiger partial charge in [0.05, 0.1) is 16.6 Å². The van der Waals surface area contributed by atoms with Crippen molar-refractivity contribution >= 4 is 28.0 Å². The molecule has 0 saturated carbocycles. The van der Waals surface area contributed by atoms with E-state index in [-0.39, 0.29) is 34.3 Å². The molecule has 33 heavy (non-hydrogen) atoms. The first-order chi connectivity index (χ1) is 15.5. The molecule has 10 nitrogen and oxygen atoms in total. The lowest BCUT2D eigenvalue weighted by Crippen LogP contribution is -2.30. The first-order valence-corrected chi connectivity index (χ1v) is 11.7. The molecule has 1 aromatic heterocycles. The maximum atomic E-state index is 12.5. The molecule has 0 fully saturated rings. The summed E-state index contributed by atoms with van der Waals surface area (Å²) in [4.78, 5) is 39.1. The van der Waals surface area contributed by atoms with Gasteiger partial charge in [-0.25, -0.2) is 22.9 Å². The average molecular weight is 478 g/mol. The van der Waals surface area contributed by atoms with Crippen LogP contribution < -0.4 is 14.8 Å². The third kappa shape index (κ3) is 8.19. The van der Waals surface area contributed by atoms with E-state index < -0.39 is 22.1 Å². The molecule has 178 valence electrons. The summed E-state index contributed by atoms with van der Waals surface area (Å²) < 4.78 is 36.7. The minimum atomic E-state index is -4.11. The van der Waals surface area contributed by atoms with Crippen LogP contribution in [0.1, 0.15) is 43.6 Å². The van der Waals surface area contributed by atoms with Crippen molar-refractivity contribution in [3.63, 3.8) is 0 Å². The maximum Gasteiger partial charge on any atom is 0.515 e. The minimum Gasteiger partial charge on any atom is -0.431 e. The van der Waals surface area contributed by atoms with Gasteiger partial charge in [-0.2, -0.15) is 0 Å². The Labute approximate surface area is 192 Å². The fourth-order valence-corrected chi connectivity index (χ4v) is 3.46. The van der Waals surface area contributed by atoms with Crippen LogP contribution >= 0.6 is 0 Å². The normalized spacial score (nSPS) is 11.2. The van der Waals surface area contributed by atoms with Gasteiger partial charge in [-0.3, -0.25) is 9.59 Å². The lowest BCUT2D eigenvalue weighted by molar-refractivity contribution is -0.123. The van der Waals surface area contributed by atoms with Crippen LogP contribution in [0.25, 0.3) is 0 Å². The number of ether oxygens (including phenoxy) is 2. The molecule has 0 spiro atoms. The van der Waals surface area contributed by atoms with Gasteiger partial charge in [-0.05, 0) is 44.0 Å². The van der Waals surface area contributed by atoms with Gasteiger partial charge in [0.25, 0.3) is 15.9 Å². The summed E-state index contributed by atoms with van der Waals surface area (Å²) in [7, 11) is -4.11. The highest BCUT2D eigenvalue weighted by molar-refractivity contribution is 7.90. The van der Waals surface area contributed by atoms with E-state index in [2.05, 4.69) is 10.3 Å². The van der Waals surface area contributed by atoms with E-state index >= 15 is 0 Å². The molecule has 2 N–H and O–H groups in total. The van der Waals surface area contributed by atoms with E-state index in [0.717, 1.165) is 11.8 Å². The van der Waals surface area contributed by atoms with Crippen LogP contribution in [0.4, 0.5) is 4.79 Å². The SMILES string of the molecule is CC(C)OC(=O)Oc1ccc(C(=O)NS(=O)(=O)c2ccc(CCNC(=O)C(C)C)cc2)cn1. The molecule has 0 aliphatic rings. The number of pyridine rings is 1. The topological polar surface area (TPSA) is 141 Å². The molecule has 0 bridgehead atoms. The quantitative estimate of drug-likeness (QED) is 0.525. The van der Waals surface area contributed by atoms with Crippen LogP contribution in [-0.4, -0.2) is 44.0 Å². The van der Waals surface area contributed by atoms with Crippen LogP contribution in [0.3, 0.4) is 0 Å². The highest BCUT2D eigenvalue weighted by atomic mass is 32.2. The summed E-state index contributed by atoms with van der Waals surface area (Å²) in [5, 5.41) is 2.79. The molecule has 1 aromatic carbocycles. The number of amides is 2. The smallest absolute Gasteiger partial charge is 0.431 e. The van der Waals surface area contributed by atoms with Crippen LogP contribution in [0.15, 0.2) is 47.5 Å². The van der Waals surface area contributed by atoms with Crippen LogP contribution in [0.5, 0.6) is 5.88 Å². The number of benzene rings is 1. The van der Waals surface area contributed by atoms with E-state index in [0.29, 0.717) is 13.0 Å². The first-order valence-electron chi connectivity index (χ1n) is 10.3. The molecule has 2 amide bonds. The van der Waals surface area contributed by atoms with Gasteiger partial charge in [0, 0.05) is 24.7 Å². The summed E-state index contributed by atoms with van der Waals surface area (Å²) in [5.74, 6) is -1.15. The zero-order valence-corrected chi connectivity index (χ0v) is 19.6. The van der Waals surface area contributed by atoms with Crippen LogP contribution in [0.2, 0.25) is 0 Å². The zero-order chi connectivity index (χ0) is 24.6. The lowest BCUT2D eigenvalue weighted by Gasteiger charge is -2.10. The van der Waals surface area contributed by atoms with Gasteiger partial charge in [0.15, 0.2) is 0 Å². The number of hydrogen-bond donors (Lipinski definition) is 2. The Balaban J connectivity index is 1.95. The number of carbonyl (C=O) groups excluding carboxylic acids is 3. The molecule has 2 aromatic rings. The van der Waals surface area contributed by atoms with Crippen molar-refractivity contribution in [3.8, 4) is 5.88 Å². The predicted molar refractivity (Wildman–Crippen MR) is 119 cm³/mol. The Hall–Kier alpha value is -3.47. The van der Waals surface area contributed by atoms with Crippen molar-refractivity contribution in [3.05, 3.63) is 53.7 Å². The first kappa shape index (κ1) is 25.8. The van der Waals surface area contributed by atoms with Gasteiger partial charge in [0.1, 0.15) is 0 Å². The third-order valence-corrected chi connectivity index (χ3v) is 5.56. The van der Waals surface area contributed by atoms with Crippen molar-refractivity contribution in [1.29, 1.82) is 0 Å². The molecule has 2 rings (SSSR count). The van der Waals surface area contributed by atoms with Crippen molar-refractivity contribution < 1.29 is 32.3 Å². The number of sulfonamides is 1. The van der Waals surface area contributed by atoms with Crippen molar-refractivity contribution in [1.82, 2.24) is 15.0 Å². The Morgan fingerprint density at radius 2 is 1.67 bits per heavy atom. The van der Waals surface area contributed by atoms with Gasteiger partial charge < -0.3 is 14.8 Å². The second-order valence-electron chi connectivity index (χ2n) is 7.68. The lowest BCUT2D eigenvalue weighted by atomic mass is 10.1. The minimum absolute atomic E-state index is 0.0410. The second kappa shape index (κ2) is 11.4. The van der Waals surface area contributed by atoms with E-state index in [1.54, 1.807) is 39.8 Å². The van der Waals surface area contributed by atoms with E-state index in [1.807, 2.05) is 4.72 Å². The molecule has 0 atom stereocenters. The largest absolute Gasteiger partial charge is 0.515 e. The molecule has 1 heterocycles. The summed E-state index contributed by atoms with van der Waals surface area (Å²) in [6.45, 7) is 7.34. The summed E-state index contributed by atoms with van der Waals surface area (Å²) in [6.07, 6.45) is 0.309. The van der Waals surface area contributed by atoms with E-state index in [1.165, 1.54) is 24.3 Å². The maximum absolute atomic E-state index is 12.5. The second-order valence-corrected chi connectivity index (χ2v) is 9.36. The average Bonchev–Trinajstić information content (AvgIpc) is 2.73. The molecule has 11 heteroatoms. The molecular weight excluding hydrogens is 450 g/mol. The van der Waals surface area contributed by atoms with Gasteiger partial charge >= 0.3 is 6.16 Å². The molecule has 0 aliphatic carbocycles. The number of nitrogens with one attached hydrogen (secondary N) is 2. The highest BCUT2D eigenvalue weighted by Gasteiger charge is 2.19. The number of hydrogen-bond acceptors (Lipinski definition) is 8. The Bertz CT molecular complexity index is 1080. The van der Waals surface area contributed by atoms with Gasteiger partial charge in [-0.15, -0.1) is 0 Å². The number of carbonyl (C=O) groups is 3. The molecule has 0 radical (unpaired) electrons. The Kier molecular flexibility index (Phi) is 8.92. The van der Waals surface area contributed by atoms with Gasteiger partial charge in [0.2, 0.25) is 11.8 Å². The summed E-state index contributed by atoms with van der Waals surface area (Å²) in [5.41, 5.74) is 0.792. The fraction of sp³-hybridized carbons (Fsp3) is 0.364. The Morgan fingerprint density at radius 3 is 2.21 bits per heavy atom. The molecule has 0 aliphatic heterocycles. The molecular formula is C22H27N3O7S. The van der Waals surface area contributed by atoms with Crippen LogP contribution in [0, 0.1) is 5.92 Å². The predicted octanol–water partition coefficient (Wildman–Crippen LogP) is 2.44. The molecule has 0 unspecified atom stereocenters. The standard InChI is InChI=1S/C22H27N3O7S/c1-14(2)20(26)23-12-11-16-5-8-18(9-6-16)33(29,30)25-21(27)17-7-10-19(24-13-17)32-22(28)31-15(3)4/h5-10,13-15H,11-12H2,1-4H3,(H,23,26)(H,25,27). The number of nitrogens with zero attached hydrogens (tertiary/aromatic N) is 1. The molecule has 0 saturated heterocycles. The summed E-state index contributed by atoms with van der Waals surface area (Å²) >= 11 is 0. The van der Waals surface area contributed by atoms with E-state index in [9.17, 15) is 22.8 Å². The Morgan fingerprint density at radius 1 is 1.00 bits per heavy atom. The third-order valence-electron chi connectivity index (χ3n) is 4.22. The van der Waals surface area contributed by atoms with E-state index in [4.69, 9.17) is 9.47 Å². The number of aromatic nitrogens is 1.